The molecule has 0 N–H and O–H groups in total. The van der Waals surface area contributed by atoms with Crippen molar-refractivity contribution in [3.63, 3.8) is 0 Å². The number of benzene rings is 1. The van der Waals surface area contributed by atoms with Crippen LogP contribution in [0.2, 0.25) is 0 Å². The van der Waals surface area contributed by atoms with Crippen LogP contribution in [-0.2, 0) is 31.5 Å². The fourth-order valence-corrected chi connectivity index (χ4v) is 4.39. The molecule has 5 rings (SSSR count). The molecule has 1 spiro atoms. The summed E-state index contributed by atoms with van der Waals surface area (Å²) in [5.41, 5.74) is 3.35. The maximum Gasteiger partial charge on any atom is 0.135 e. The molecule has 2 aliphatic rings. The van der Waals surface area contributed by atoms with Crippen molar-refractivity contribution in [1.82, 2.24) is 24.2 Å². The number of ether oxygens (including phenoxy) is 2. The lowest BCUT2D eigenvalue weighted by Gasteiger charge is -2.35. The number of likely N-dealkylation sites (tertiary alicyclic amines) is 1. The van der Waals surface area contributed by atoms with Crippen molar-refractivity contribution < 1.29 is 9.47 Å². The molecule has 1 atom stereocenters. The molecule has 3 aromatic rings. The minimum absolute atomic E-state index is 0.149. The Labute approximate surface area is 164 Å². The number of aryl methyl sites for hydroxylation is 1. The zero-order valence-electron chi connectivity index (χ0n) is 16.3. The molecule has 7 nitrogen and oxygen atoms in total. The van der Waals surface area contributed by atoms with E-state index in [4.69, 9.17) is 9.47 Å². The van der Waals surface area contributed by atoms with Crippen molar-refractivity contribution in [2.24, 2.45) is 7.05 Å². The predicted molar refractivity (Wildman–Crippen MR) is 105 cm³/mol. The Morgan fingerprint density at radius 1 is 1.25 bits per heavy atom. The number of fused-ring (bicyclic) bond motifs is 1. The van der Waals surface area contributed by atoms with Crippen molar-refractivity contribution in [3.05, 3.63) is 54.2 Å². The van der Waals surface area contributed by atoms with Crippen molar-refractivity contribution in [1.29, 1.82) is 0 Å². The quantitative estimate of drug-likeness (QED) is 0.697. The van der Waals surface area contributed by atoms with E-state index in [-0.39, 0.29) is 5.60 Å². The summed E-state index contributed by atoms with van der Waals surface area (Å²) < 4.78 is 15.9. The molecule has 0 saturated carbocycles. The van der Waals surface area contributed by atoms with Crippen LogP contribution >= 0.6 is 0 Å². The Morgan fingerprint density at radius 3 is 3.00 bits per heavy atom. The second-order valence-electron chi connectivity index (χ2n) is 7.83. The van der Waals surface area contributed by atoms with Gasteiger partial charge in [-0.15, -0.1) is 0 Å². The molecule has 1 saturated heterocycles. The van der Waals surface area contributed by atoms with Crippen LogP contribution in [0.3, 0.4) is 0 Å². The van der Waals surface area contributed by atoms with Crippen LogP contribution in [0.25, 0.3) is 11.3 Å². The second kappa shape index (κ2) is 6.76. The van der Waals surface area contributed by atoms with Gasteiger partial charge in [0.15, 0.2) is 0 Å². The average molecular weight is 379 g/mol. The van der Waals surface area contributed by atoms with Gasteiger partial charge in [0.1, 0.15) is 23.8 Å². The first-order valence-electron chi connectivity index (χ1n) is 9.67. The fraction of sp³-hybridized carbons (Fsp3) is 0.429. The summed E-state index contributed by atoms with van der Waals surface area (Å²) in [4.78, 5) is 7.07. The van der Waals surface area contributed by atoms with Gasteiger partial charge in [-0.05, 0) is 18.6 Å². The molecule has 1 fully saturated rings. The fourth-order valence-electron chi connectivity index (χ4n) is 4.39. The number of aromatic nitrogens is 4. The number of methoxy groups -OCH3 is 1. The first kappa shape index (κ1) is 17.5. The molecular formula is C21H25N5O2. The van der Waals surface area contributed by atoms with E-state index in [0.29, 0.717) is 6.61 Å². The molecule has 1 aromatic carbocycles. The van der Waals surface area contributed by atoms with Crippen molar-refractivity contribution in [3.8, 4) is 17.0 Å². The lowest BCUT2D eigenvalue weighted by molar-refractivity contribution is -0.0821. The van der Waals surface area contributed by atoms with Gasteiger partial charge in [-0.3, -0.25) is 9.58 Å². The normalized spacial score (nSPS) is 21.9. The molecule has 0 aliphatic carbocycles. The van der Waals surface area contributed by atoms with Gasteiger partial charge in [0.25, 0.3) is 0 Å². The Balaban J connectivity index is 1.37. The van der Waals surface area contributed by atoms with Gasteiger partial charge in [-0.1, -0.05) is 12.1 Å². The van der Waals surface area contributed by atoms with Gasteiger partial charge >= 0.3 is 0 Å². The number of hydrogen-bond acceptors (Lipinski definition) is 5. The topological polar surface area (TPSA) is 57.3 Å². The molecule has 146 valence electrons. The van der Waals surface area contributed by atoms with E-state index in [0.717, 1.165) is 55.4 Å². The monoisotopic (exact) mass is 379 g/mol. The van der Waals surface area contributed by atoms with Crippen molar-refractivity contribution in [2.45, 2.75) is 31.7 Å². The molecule has 0 bridgehead atoms. The highest BCUT2D eigenvalue weighted by Gasteiger charge is 2.43. The summed E-state index contributed by atoms with van der Waals surface area (Å²) in [7, 11) is 3.66. The van der Waals surface area contributed by atoms with Crippen molar-refractivity contribution >= 4 is 0 Å². The maximum absolute atomic E-state index is 6.35. The predicted octanol–water partition coefficient (Wildman–Crippen LogP) is 2.47. The van der Waals surface area contributed by atoms with E-state index in [2.05, 4.69) is 37.9 Å². The number of hydrogen-bond donors (Lipinski definition) is 0. The molecular weight excluding hydrogens is 354 g/mol. The molecule has 0 radical (unpaired) electrons. The highest BCUT2D eigenvalue weighted by Crippen LogP contribution is 2.36. The van der Waals surface area contributed by atoms with Gasteiger partial charge in [0, 0.05) is 44.0 Å². The smallest absolute Gasteiger partial charge is 0.135 e. The minimum atomic E-state index is -0.149. The molecule has 7 heteroatoms. The van der Waals surface area contributed by atoms with E-state index >= 15 is 0 Å². The number of nitrogens with zero attached hydrogens (tertiary/aromatic N) is 5. The lowest BCUT2D eigenvalue weighted by atomic mass is 10.0. The molecule has 2 aliphatic heterocycles. The zero-order valence-corrected chi connectivity index (χ0v) is 16.3. The molecule has 28 heavy (non-hydrogen) atoms. The van der Waals surface area contributed by atoms with Gasteiger partial charge in [-0.25, -0.2) is 4.98 Å². The second-order valence-corrected chi connectivity index (χ2v) is 7.83. The highest BCUT2D eigenvalue weighted by molar-refractivity contribution is 5.61. The Hall–Kier alpha value is -2.64. The Morgan fingerprint density at radius 2 is 2.18 bits per heavy atom. The molecule has 0 unspecified atom stereocenters. The molecule has 2 aromatic heterocycles. The van der Waals surface area contributed by atoms with Gasteiger partial charge in [0.05, 0.1) is 31.7 Å². The summed E-state index contributed by atoms with van der Waals surface area (Å²) in [6.45, 7) is 4.27. The van der Waals surface area contributed by atoms with Crippen LogP contribution in [0.1, 0.15) is 17.8 Å². The highest BCUT2D eigenvalue weighted by atomic mass is 16.5. The van der Waals surface area contributed by atoms with Crippen LogP contribution in [0.4, 0.5) is 0 Å². The maximum atomic E-state index is 6.35. The zero-order chi connectivity index (χ0) is 19.1. The lowest BCUT2D eigenvalue weighted by Crippen LogP contribution is -2.44. The first-order chi connectivity index (χ1) is 13.6. The molecule has 0 amide bonds. The van der Waals surface area contributed by atoms with E-state index < -0.39 is 0 Å². The van der Waals surface area contributed by atoms with Gasteiger partial charge < -0.3 is 14.0 Å². The summed E-state index contributed by atoms with van der Waals surface area (Å²) in [5, 5.41) is 4.28. The number of rotatable bonds is 4. The van der Waals surface area contributed by atoms with Gasteiger partial charge in [0.2, 0.25) is 0 Å². The Bertz CT molecular complexity index is 994. The summed E-state index contributed by atoms with van der Waals surface area (Å²) in [5.74, 6) is 1.85. The largest absolute Gasteiger partial charge is 0.497 e. The summed E-state index contributed by atoms with van der Waals surface area (Å²) in [6, 6.07) is 8.16. The average Bonchev–Trinajstić information content (AvgIpc) is 3.41. The van der Waals surface area contributed by atoms with E-state index in [9.17, 15) is 0 Å². The van der Waals surface area contributed by atoms with Gasteiger partial charge in [-0.2, -0.15) is 5.10 Å². The van der Waals surface area contributed by atoms with Crippen LogP contribution in [0.5, 0.6) is 5.75 Å². The van der Waals surface area contributed by atoms with Crippen LogP contribution < -0.4 is 4.74 Å². The van der Waals surface area contributed by atoms with E-state index in [1.807, 2.05) is 36.3 Å². The minimum Gasteiger partial charge on any atom is -0.497 e. The summed E-state index contributed by atoms with van der Waals surface area (Å²) >= 11 is 0. The SMILES string of the molecule is COc1cccc(-c2cnc3n2C[C@]2(CCN(Cc4cnn(C)c4)C2)OC3)c1. The summed E-state index contributed by atoms with van der Waals surface area (Å²) in [6.07, 6.45) is 7.01. The van der Waals surface area contributed by atoms with E-state index in [1.165, 1.54) is 5.56 Å². The molecule has 4 heterocycles. The van der Waals surface area contributed by atoms with Crippen molar-refractivity contribution in [2.75, 3.05) is 20.2 Å². The first-order valence-corrected chi connectivity index (χ1v) is 9.67. The third-order valence-electron chi connectivity index (χ3n) is 5.82. The number of imidazole rings is 1. The van der Waals surface area contributed by atoms with Crippen LogP contribution in [0.15, 0.2) is 42.9 Å². The Kier molecular flexibility index (Phi) is 4.21. The van der Waals surface area contributed by atoms with Crippen LogP contribution in [0, 0.1) is 0 Å². The third kappa shape index (κ3) is 3.10. The third-order valence-corrected chi connectivity index (χ3v) is 5.82. The van der Waals surface area contributed by atoms with Crippen LogP contribution in [-0.4, -0.2) is 50.0 Å². The van der Waals surface area contributed by atoms with E-state index in [1.54, 1.807) is 7.11 Å². The standard InChI is InChI=1S/C21H25N5O2/c1-24-11-16(9-23-24)12-25-7-6-21(14-25)15-26-19(10-22-20(26)13-28-21)17-4-3-5-18(8-17)27-2/h3-5,8-11H,6-7,12-15H2,1-2H3/t21-/m1/s1.